The number of methoxy groups -OCH3 is 1. The van der Waals surface area contributed by atoms with Gasteiger partial charge in [-0.2, -0.15) is 0 Å². The fourth-order valence-electron chi connectivity index (χ4n) is 1.06. The first-order valence-electron chi connectivity index (χ1n) is 6.27. The molecule has 0 aliphatic carbocycles. The Kier molecular flexibility index (Phi) is 16.6. The summed E-state index contributed by atoms with van der Waals surface area (Å²) in [5, 5.41) is 0. The van der Waals surface area contributed by atoms with Crippen molar-refractivity contribution >= 4 is 6.47 Å². The normalized spacial score (nSPS) is 10.6. The van der Waals surface area contributed by atoms with Gasteiger partial charge in [-0.15, -0.1) is 0 Å². The van der Waals surface area contributed by atoms with Gasteiger partial charge in [0.1, 0.15) is 6.61 Å². The highest BCUT2D eigenvalue weighted by atomic mass is 16.6. The van der Waals surface area contributed by atoms with Gasteiger partial charge in [0.25, 0.3) is 6.47 Å². The number of carbonyl (C=O) groups excluding carboxylic acids is 1. The second kappa shape index (κ2) is 17.3. The quantitative estimate of drug-likeness (QED) is 0.288. The summed E-state index contributed by atoms with van der Waals surface area (Å²) in [6.07, 6.45) is 0. The van der Waals surface area contributed by atoms with Crippen molar-refractivity contribution in [2.75, 3.05) is 73.2 Å². The van der Waals surface area contributed by atoms with E-state index in [1.54, 1.807) is 7.11 Å². The summed E-state index contributed by atoms with van der Waals surface area (Å²) in [6, 6.07) is 0. The van der Waals surface area contributed by atoms with E-state index in [1.807, 2.05) is 0 Å². The Balaban J connectivity index is 2.89. The van der Waals surface area contributed by atoms with Crippen molar-refractivity contribution in [3.05, 3.63) is 0 Å². The first-order chi connectivity index (χ1) is 9.41. The maximum absolute atomic E-state index is 9.81. The highest BCUT2D eigenvalue weighted by molar-refractivity contribution is 5.36. The van der Waals surface area contributed by atoms with Crippen LogP contribution in [0, 0.1) is 0 Å². The van der Waals surface area contributed by atoms with Crippen molar-refractivity contribution in [3.8, 4) is 0 Å². The molecule has 0 saturated heterocycles. The zero-order valence-electron chi connectivity index (χ0n) is 11.5. The van der Waals surface area contributed by atoms with Gasteiger partial charge in [-0.1, -0.05) is 0 Å². The van der Waals surface area contributed by atoms with E-state index >= 15 is 0 Å². The van der Waals surface area contributed by atoms with Gasteiger partial charge in [0.2, 0.25) is 0 Å². The van der Waals surface area contributed by atoms with Crippen LogP contribution in [0.3, 0.4) is 0 Å². The monoisotopic (exact) mass is 280 g/mol. The summed E-state index contributed by atoms with van der Waals surface area (Å²) in [4.78, 5) is 9.81. The van der Waals surface area contributed by atoms with Crippen LogP contribution in [0.1, 0.15) is 0 Å². The standard InChI is InChI=1S/C12H24O7/c1-14-2-3-15-4-5-16-6-7-17-8-9-18-10-11-19-12-13/h12H,2-11H2,1H3. The van der Waals surface area contributed by atoms with Crippen LogP contribution in [0.5, 0.6) is 0 Å². The molecule has 0 N–H and O–H groups in total. The lowest BCUT2D eigenvalue weighted by Gasteiger charge is -2.07. The fraction of sp³-hybridized carbons (Fsp3) is 0.917. The van der Waals surface area contributed by atoms with Gasteiger partial charge in [-0.25, -0.2) is 0 Å². The molecule has 0 atom stereocenters. The largest absolute Gasteiger partial charge is 0.465 e. The van der Waals surface area contributed by atoms with E-state index in [-0.39, 0.29) is 6.61 Å². The first kappa shape index (κ1) is 18.3. The second-order valence-electron chi connectivity index (χ2n) is 3.41. The topological polar surface area (TPSA) is 72.5 Å². The molecule has 114 valence electrons. The molecule has 19 heavy (non-hydrogen) atoms. The summed E-state index contributed by atoms with van der Waals surface area (Å²) in [5.74, 6) is 0. The van der Waals surface area contributed by atoms with Crippen LogP contribution < -0.4 is 0 Å². The molecule has 0 aromatic carbocycles. The zero-order chi connectivity index (χ0) is 14.0. The average molecular weight is 280 g/mol. The van der Waals surface area contributed by atoms with Gasteiger partial charge in [0, 0.05) is 7.11 Å². The lowest BCUT2D eigenvalue weighted by Crippen LogP contribution is -2.13. The molecule has 0 aliphatic heterocycles. The molecule has 0 aromatic rings. The molecule has 0 radical (unpaired) electrons. The lowest BCUT2D eigenvalue weighted by molar-refractivity contribution is -0.130. The summed E-state index contributed by atoms with van der Waals surface area (Å²) in [6.45, 7) is 5.37. The maximum atomic E-state index is 9.81. The Morgan fingerprint density at radius 3 is 1.37 bits per heavy atom. The molecule has 7 heteroatoms. The van der Waals surface area contributed by atoms with Crippen LogP contribution in [-0.4, -0.2) is 79.7 Å². The van der Waals surface area contributed by atoms with Crippen molar-refractivity contribution in [1.82, 2.24) is 0 Å². The summed E-state index contributed by atoms with van der Waals surface area (Å²) < 4.78 is 30.2. The Bertz CT molecular complexity index is 177. The van der Waals surface area contributed by atoms with Crippen LogP contribution >= 0.6 is 0 Å². The van der Waals surface area contributed by atoms with Gasteiger partial charge >= 0.3 is 0 Å². The summed E-state index contributed by atoms with van der Waals surface area (Å²) >= 11 is 0. The Morgan fingerprint density at radius 1 is 0.632 bits per heavy atom. The predicted octanol–water partition coefficient (Wildman–Crippen LogP) is -0.128. The molecular weight excluding hydrogens is 256 g/mol. The summed E-state index contributed by atoms with van der Waals surface area (Å²) in [7, 11) is 1.64. The van der Waals surface area contributed by atoms with Gasteiger partial charge in [-0.05, 0) is 0 Å². The van der Waals surface area contributed by atoms with Crippen LogP contribution in [0.2, 0.25) is 0 Å². The van der Waals surface area contributed by atoms with E-state index < -0.39 is 0 Å². The molecule has 0 unspecified atom stereocenters. The fourth-order valence-corrected chi connectivity index (χ4v) is 1.06. The van der Waals surface area contributed by atoms with Crippen LogP contribution in [0.15, 0.2) is 0 Å². The molecule has 0 aliphatic rings. The predicted molar refractivity (Wildman–Crippen MR) is 67.2 cm³/mol. The van der Waals surface area contributed by atoms with E-state index in [2.05, 4.69) is 4.74 Å². The van der Waals surface area contributed by atoms with Gasteiger partial charge in [0.15, 0.2) is 0 Å². The van der Waals surface area contributed by atoms with Crippen LogP contribution in [0.25, 0.3) is 0 Å². The van der Waals surface area contributed by atoms with E-state index in [9.17, 15) is 4.79 Å². The van der Waals surface area contributed by atoms with Gasteiger partial charge < -0.3 is 28.4 Å². The van der Waals surface area contributed by atoms with Crippen LogP contribution in [0.4, 0.5) is 0 Å². The number of carbonyl (C=O) groups is 1. The Morgan fingerprint density at radius 2 is 1.00 bits per heavy atom. The smallest absolute Gasteiger partial charge is 0.293 e. The van der Waals surface area contributed by atoms with Gasteiger partial charge in [0.05, 0.1) is 59.5 Å². The van der Waals surface area contributed by atoms with E-state index in [4.69, 9.17) is 23.7 Å². The third-order valence-electron chi connectivity index (χ3n) is 1.96. The molecule has 0 saturated carbocycles. The van der Waals surface area contributed by atoms with Crippen molar-refractivity contribution < 1.29 is 33.2 Å². The summed E-state index contributed by atoms with van der Waals surface area (Å²) in [5.41, 5.74) is 0. The third kappa shape index (κ3) is 17.3. The third-order valence-corrected chi connectivity index (χ3v) is 1.96. The minimum absolute atomic E-state index is 0.273. The van der Waals surface area contributed by atoms with Crippen molar-refractivity contribution in [2.45, 2.75) is 0 Å². The molecule has 0 bridgehead atoms. The lowest BCUT2D eigenvalue weighted by atomic mass is 10.7. The molecule has 0 spiro atoms. The minimum atomic E-state index is 0.273. The Hall–Kier alpha value is -0.730. The SMILES string of the molecule is COCCOCCOCCOCCOCCOC=O. The number of ether oxygens (including phenoxy) is 6. The van der Waals surface area contributed by atoms with E-state index in [1.165, 1.54) is 0 Å². The van der Waals surface area contributed by atoms with Crippen molar-refractivity contribution in [2.24, 2.45) is 0 Å². The highest BCUT2D eigenvalue weighted by Crippen LogP contribution is 1.83. The minimum Gasteiger partial charge on any atom is -0.465 e. The van der Waals surface area contributed by atoms with Gasteiger partial charge in [-0.3, -0.25) is 4.79 Å². The first-order valence-corrected chi connectivity index (χ1v) is 6.27. The van der Waals surface area contributed by atoms with Crippen molar-refractivity contribution in [1.29, 1.82) is 0 Å². The highest BCUT2D eigenvalue weighted by Gasteiger charge is 1.92. The second-order valence-corrected chi connectivity index (χ2v) is 3.41. The number of hydrogen-bond donors (Lipinski definition) is 0. The van der Waals surface area contributed by atoms with Crippen molar-refractivity contribution in [3.63, 3.8) is 0 Å². The molecule has 0 aromatic heterocycles. The average Bonchev–Trinajstić information content (AvgIpc) is 2.43. The maximum Gasteiger partial charge on any atom is 0.293 e. The van der Waals surface area contributed by atoms with E-state index in [0.717, 1.165) is 0 Å². The molecule has 0 amide bonds. The number of hydrogen-bond acceptors (Lipinski definition) is 7. The molecule has 0 heterocycles. The molecule has 0 fully saturated rings. The van der Waals surface area contributed by atoms with Crippen LogP contribution in [-0.2, 0) is 33.2 Å². The Labute approximate surface area is 114 Å². The molecule has 7 nitrogen and oxygen atoms in total. The molecule has 0 rings (SSSR count). The molecular formula is C12H24O7. The zero-order valence-corrected chi connectivity index (χ0v) is 11.5. The van der Waals surface area contributed by atoms with E-state index in [0.29, 0.717) is 65.9 Å². The number of rotatable bonds is 16.